The largest absolute Gasteiger partial charge is 0.367 e. The Morgan fingerprint density at radius 1 is 1.50 bits per heavy atom. The Balaban J connectivity index is 2.22. The maximum atomic E-state index is 10.8. The number of non-ortho nitro benzene ring substituents is 1. The van der Waals surface area contributed by atoms with Gasteiger partial charge in [0.1, 0.15) is 0 Å². The first kappa shape index (κ1) is 14.8. The maximum Gasteiger partial charge on any atom is 0.269 e. The second-order valence-corrected chi connectivity index (χ2v) is 5.77. The molecule has 1 aliphatic rings. The first-order valence-electron chi connectivity index (χ1n) is 7.24. The third-order valence-corrected chi connectivity index (χ3v) is 3.90. The molecule has 0 aromatic heterocycles. The third-order valence-electron chi connectivity index (χ3n) is 3.90. The summed E-state index contributed by atoms with van der Waals surface area (Å²) >= 11 is 0. The van der Waals surface area contributed by atoms with Gasteiger partial charge in [0.2, 0.25) is 0 Å². The van der Waals surface area contributed by atoms with Gasteiger partial charge in [-0.3, -0.25) is 10.1 Å². The van der Waals surface area contributed by atoms with Crippen LogP contribution in [-0.4, -0.2) is 30.1 Å². The Morgan fingerprint density at radius 3 is 2.75 bits per heavy atom. The van der Waals surface area contributed by atoms with Crippen molar-refractivity contribution in [3.05, 3.63) is 33.9 Å². The van der Waals surface area contributed by atoms with Crippen LogP contribution in [0.2, 0.25) is 0 Å². The molecule has 1 heterocycles. The predicted molar refractivity (Wildman–Crippen MR) is 81.3 cm³/mol. The summed E-state index contributed by atoms with van der Waals surface area (Å²) in [4.78, 5) is 12.8. The van der Waals surface area contributed by atoms with E-state index in [2.05, 4.69) is 24.1 Å². The number of rotatable bonds is 5. The number of hydrogen-bond donors (Lipinski definition) is 1. The van der Waals surface area contributed by atoms with Gasteiger partial charge >= 0.3 is 0 Å². The molecule has 0 saturated carbocycles. The fraction of sp³-hybridized carbons (Fsp3) is 0.600. The first-order valence-corrected chi connectivity index (χ1v) is 7.24. The lowest BCUT2D eigenvalue weighted by molar-refractivity contribution is -0.384. The molecule has 1 aromatic carbocycles. The zero-order valence-corrected chi connectivity index (χ0v) is 12.4. The average Bonchev–Trinajstić information content (AvgIpc) is 2.89. The van der Waals surface area contributed by atoms with Gasteiger partial charge in [-0.15, -0.1) is 0 Å². The van der Waals surface area contributed by atoms with Crippen molar-refractivity contribution in [1.82, 2.24) is 5.32 Å². The van der Waals surface area contributed by atoms with E-state index in [1.54, 1.807) is 12.1 Å². The molecule has 1 aromatic rings. The van der Waals surface area contributed by atoms with Gasteiger partial charge in [-0.2, -0.15) is 0 Å². The lowest BCUT2D eigenvalue weighted by atomic mass is 10.1. The molecule has 0 aliphatic carbocycles. The average molecular weight is 277 g/mol. The van der Waals surface area contributed by atoms with Crippen molar-refractivity contribution >= 4 is 11.4 Å². The summed E-state index contributed by atoms with van der Waals surface area (Å²) < 4.78 is 0. The quantitative estimate of drug-likeness (QED) is 0.664. The molecule has 1 fully saturated rings. The zero-order valence-electron chi connectivity index (χ0n) is 12.4. The lowest BCUT2D eigenvalue weighted by Crippen LogP contribution is -2.41. The van der Waals surface area contributed by atoms with Crippen LogP contribution in [-0.2, 0) is 0 Å². The maximum absolute atomic E-state index is 10.8. The number of hydrogen-bond acceptors (Lipinski definition) is 4. The van der Waals surface area contributed by atoms with Gasteiger partial charge in [0.15, 0.2) is 0 Å². The molecule has 1 aliphatic heterocycles. The summed E-state index contributed by atoms with van der Waals surface area (Å²) in [5.41, 5.74) is 2.22. The summed E-state index contributed by atoms with van der Waals surface area (Å²) in [5, 5.41) is 14.3. The van der Waals surface area contributed by atoms with E-state index in [0.717, 1.165) is 24.3 Å². The van der Waals surface area contributed by atoms with Crippen molar-refractivity contribution in [1.29, 1.82) is 0 Å². The molecule has 1 atom stereocenters. The van der Waals surface area contributed by atoms with Gasteiger partial charge in [-0.1, -0.05) is 0 Å². The molecule has 1 saturated heterocycles. The number of nitro benzene ring substituents is 1. The minimum atomic E-state index is -0.338. The van der Waals surface area contributed by atoms with Crippen LogP contribution >= 0.6 is 0 Å². The minimum Gasteiger partial charge on any atom is -0.367 e. The Kier molecular flexibility index (Phi) is 4.60. The van der Waals surface area contributed by atoms with Crippen molar-refractivity contribution in [2.45, 2.75) is 45.7 Å². The zero-order chi connectivity index (χ0) is 14.7. The molecular weight excluding hydrogens is 254 g/mol. The van der Waals surface area contributed by atoms with E-state index < -0.39 is 0 Å². The van der Waals surface area contributed by atoms with E-state index in [4.69, 9.17) is 0 Å². The van der Waals surface area contributed by atoms with E-state index in [-0.39, 0.29) is 10.6 Å². The highest BCUT2D eigenvalue weighted by molar-refractivity contribution is 5.58. The standard InChI is InChI=1S/C15H23N3O2/c1-11(2)17(10-13-5-4-8-16-13)15-7-6-14(18(19)20)9-12(15)3/h6-7,9,11,13,16H,4-5,8,10H2,1-3H3. The second-order valence-electron chi connectivity index (χ2n) is 5.77. The molecule has 0 amide bonds. The molecule has 2 rings (SSSR count). The van der Waals surface area contributed by atoms with Crippen LogP contribution in [0.5, 0.6) is 0 Å². The van der Waals surface area contributed by atoms with Gasteiger partial charge in [-0.25, -0.2) is 0 Å². The van der Waals surface area contributed by atoms with E-state index in [1.165, 1.54) is 12.8 Å². The molecule has 0 bridgehead atoms. The van der Waals surface area contributed by atoms with Crippen molar-refractivity contribution < 1.29 is 4.92 Å². The molecular formula is C15H23N3O2. The van der Waals surface area contributed by atoms with Crippen LogP contribution in [0.1, 0.15) is 32.3 Å². The number of benzene rings is 1. The fourth-order valence-corrected chi connectivity index (χ4v) is 2.81. The number of nitrogens with one attached hydrogen (secondary N) is 1. The number of aryl methyl sites for hydroxylation is 1. The van der Waals surface area contributed by atoms with Crippen LogP contribution in [0, 0.1) is 17.0 Å². The highest BCUT2D eigenvalue weighted by atomic mass is 16.6. The predicted octanol–water partition coefficient (Wildman–Crippen LogP) is 2.87. The van der Waals surface area contributed by atoms with Crippen molar-refractivity contribution in [3.63, 3.8) is 0 Å². The molecule has 1 unspecified atom stereocenters. The van der Waals surface area contributed by atoms with Crippen molar-refractivity contribution in [3.8, 4) is 0 Å². The van der Waals surface area contributed by atoms with Crippen molar-refractivity contribution in [2.75, 3.05) is 18.0 Å². The number of nitro groups is 1. The van der Waals surface area contributed by atoms with Gasteiger partial charge in [0, 0.05) is 36.4 Å². The highest BCUT2D eigenvalue weighted by Crippen LogP contribution is 2.27. The topological polar surface area (TPSA) is 58.4 Å². The minimum absolute atomic E-state index is 0.161. The van der Waals surface area contributed by atoms with Crippen LogP contribution < -0.4 is 10.2 Å². The molecule has 0 spiro atoms. The number of anilines is 1. The Labute approximate surface area is 120 Å². The summed E-state index contributed by atoms with van der Waals surface area (Å²) in [7, 11) is 0. The fourth-order valence-electron chi connectivity index (χ4n) is 2.81. The molecule has 5 heteroatoms. The van der Waals surface area contributed by atoms with Gasteiger partial charge in [0.25, 0.3) is 5.69 Å². The lowest BCUT2D eigenvalue weighted by Gasteiger charge is -2.32. The van der Waals surface area contributed by atoms with Crippen LogP contribution in [0.25, 0.3) is 0 Å². The smallest absolute Gasteiger partial charge is 0.269 e. The SMILES string of the molecule is Cc1cc([N+](=O)[O-])ccc1N(CC1CCCN1)C(C)C. The van der Waals surface area contributed by atoms with Gasteiger partial charge < -0.3 is 10.2 Å². The number of nitrogens with zero attached hydrogens (tertiary/aromatic N) is 2. The molecule has 110 valence electrons. The van der Waals surface area contributed by atoms with Gasteiger partial charge in [-0.05, 0) is 51.8 Å². The summed E-state index contributed by atoms with van der Waals surface area (Å²) in [6.07, 6.45) is 2.44. The summed E-state index contributed by atoms with van der Waals surface area (Å²) in [6, 6.07) is 6.03. The van der Waals surface area contributed by atoms with E-state index in [9.17, 15) is 10.1 Å². The van der Waals surface area contributed by atoms with Crippen LogP contribution in [0.3, 0.4) is 0 Å². The molecule has 20 heavy (non-hydrogen) atoms. The van der Waals surface area contributed by atoms with Crippen molar-refractivity contribution in [2.24, 2.45) is 0 Å². The summed E-state index contributed by atoms with van der Waals surface area (Å²) in [6.45, 7) is 8.32. The monoisotopic (exact) mass is 277 g/mol. The van der Waals surface area contributed by atoms with E-state index in [0.29, 0.717) is 12.1 Å². The molecule has 1 N–H and O–H groups in total. The van der Waals surface area contributed by atoms with Crippen LogP contribution in [0.15, 0.2) is 18.2 Å². The first-order chi connectivity index (χ1) is 9.49. The third kappa shape index (κ3) is 3.28. The highest BCUT2D eigenvalue weighted by Gasteiger charge is 2.21. The van der Waals surface area contributed by atoms with E-state index in [1.807, 2.05) is 13.0 Å². The molecule has 0 radical (unpaired) electrons. The Hall–Kier alpha value is -1.62. The summed E-state index contributed by atoms with van der Waals surface area (Å²) in [5.74, 6) is 0. The van der Waals surface area contributed by atoms with Crippen LogP contribution in [0.4, 0.5) is 11.4 Å². The Bertz CT molecular complexity index is 482. The van der Waals surface area contributed by atoms with E-state index >= 15 is 0 Å². The van der Waals surface area contributed by atoms with Gasteiger partial charge in [0.05, 0.1) is 4.92 Å². The molecule has 5 nitrogen and oxygen atoms in total. The Morgan fingerprint density at radius 2 is 2.25 bits per heavy atom. The second kappa shape index (κ2) is 6.22. The normalized spacial score (nSPS) is 18.5.